The molecule has 3 aromatic rings. The third-order valence-corrected chi connectivity index (χ3v) is 6.88. The third-order valence-electron chi connectivity index (χ3n) is 4.39. The second-order valence-corrected chi connectivity index (χ2v) is 8.72. The van der Waals surface area contributed by atoms with E-state index in [1.807, 2.05) is 38.3 Å². The summed E-state index contributed by atoms with van der Waals surface area (Å²) in [5, 5.41) is 5.97. The number of aryl methyl sites for hydroxylation is 1. The molecule has 0 aliphatic carbocycles. The van der Waals surface area contributed by atoms with Crippen LogP contribution in [0.2, 0.25) is 5.02 Å². The van der Waals surface area contributed by atoms with Gasteiger partial charge in [-0.15, -0.1) is 22.7 Å². The van der Waals surface area contributed by atoms with Gasteiger partial charge in [-0.2, -0.15) is 0 Å². The summed E-state index contributed by atoms with van der Waals surface area (Å²) in [6.45, 7) is 6.82. The van der Waals surface area contributed by atoms with Crippen LogP contribution >= 0.6 is 34.3 Å². The minimum Gasteiger partial charge on any atom is -0.482 e. The fourth-order valence-electron chi connectivity index (χ4n) is 2.80. The Labute approximate surface area is 188 Å². The van der Waals surface area contributed by atoms with Gasteiger partial charge in [0.15, 0.2) is 6.61 Å². The van der Waals surface area contributed by atoms with E-state index in [0.29, 0.717) is 40.1 Å². The molecule has 158 valence electrons. The van der Waals surface area contributed by atoms with Crippen molar-refractivity contribution in [3.63, 3.8) is 0 Å². The second kappa shape index (κ2) is 10.1. The van der Waals surface area contributed by atoms with Gasteiger partial charge in [-0.05, 0) is 50.4 Å². The maximum absolute atomic E-state index is 12.7. The monoisotopic (exact) mass is 463 g/mol. The smallest absolute Gasteiger partial charge is 0.267 e. The molecular formula is C21H22ClN3O3S2. The molecule has 0 atom stereocenters. The second-order valence-electron chi connectivity index (χ2n) is 6.36. The van der Waals surface area contributed by atoms with Gasteiger partial charge in [-0.25, -0.2) is 4.98 Å². The third kappa shape index (κ3) is 5.19. The van der Waals surface area contributed by atoms with E-state index in [2.05, 4.69) is 10.3 Å². The molecule has 2 amide bonds. The fraction of sp³-hybridized carbons (Fsp3) is 0.286. The van der Waals surface area contributed by atoms with Gasteiger partial charge in [0.25, 0.3) is 11.8 Å². The molecule has 9 heteroatoms. The quantitative estimate of drug-likeness (QED) is 0.490. The summed E-state index contributed by atoms with van der Waals surface area (Å²) in [7, 11) is 0. The van der Waals surface area contributed by atoms with Crippen molar-refractivity contribution in [1.82, 2.24) is 9.88 Å². The lowest BCUT2D eigenvalue weighted by Crippen LogP contribution is -2.34. The van der Waals surface area contributed by atoms with Crippen LogP contribution in [0.1, 0.15) is 29.2 Å². The molecule has 0 saturated heterocycles. The zero-order valence-electron chi connectivity index (χ0n) is 16.9. The van der Waals surface area contributed by atoms with E-state index in [-0.39, 0.29) is 18.4 Å². The predicted molar refractivity (Wildman–Crippen MR) is 123 cm³/mol. The maximum Gasteiger partial charge on any atom is 0.267 e. The number of carbonyl (C=O) groups is 2. The van der Waals surface area contributed by atoms with Crippen molar-refractivity contribution in [2.45, 2.75) is 20.8 Å². The summed E-state index contributed by atoms with van der Waals surface area (Å²) in [5.41, 5.74) is 1.22. The lowest BCUT2D eigenvalue weighted by atomic mass is 10.3. The SMILES string of the molecule is CCN(CC)C(=O)COc1ccc(NC(=O)c2sc(-c3cccs3)nc2C)cc1Cl. The van der Waals surface area contributed by atoms with Crippen molar-refractivity contribution in [2.75, 3.05) is 25.0 Å². The van der Waals surface area contributed by atoms with Crippen LogP contribution in [0.15, 0.2) is 35.7 Å². The number of halogens is 1. The van der Waals surface area contributed by atoms with E-state index >= 15 is 0 Å². The van der Waals surface area contributed by atoms with Gasteiger partial charge in [0.1, 0.15) is 15.6 Å². The van der Waals surface area contributed by atoms with E-state index in [1.54, 1.807) is 34.4 Å². The number of nitrogens with zero attached hydrogens (tertiary/aromatic N) is 2. The molecule has 2 aromatic heterocycles. The van der Waals surface area contributed by atoms with Crippen molar-refractivity contribution in [3.8, 4) is 15.6 Å². The lowest BCUT2D eigenvalue weighted by Gasteiger charge is -2.19. The van der Waals surface area contributed by atoms with E-state index in [9.17, 15) is 9.59 Å². The molecule has 30 heavy (non-hydrogen) atoms. The Morgan fingerprint density at radius 1 is 1.23 bits per heavy atom. The summed E-state index contributed by atoms with van der Waals surface area (Å²) in [5.74, 6) is 0.0500. The lowest BCUT2D eigenvalue weighted by molar-refractivity contribution is -0.132. The number of thiazole rings is 1. The molecule has 1 aromatic carbocycles. The number of ether oxygens (including phenoxy) is 1. The largest absolute Gasteiger partial charge is 0.482 e. The number of amides is 2. The Hall–Kier alpha value is -2.42. The first-order chi connectivity index (χ1) is 14.4. The summed E-state index contributed by atoms with van der Waals surface area (Å²) in [6.07, 6.45) is 0. The van der Waals surface area contributed by atoms with Gasteiger partial charge in [0.2, 0.25) is 0 Å². The van der Waals surface area contributed by atoms with Crippen LogP contribution in [0.4, 0.5) is 5.69 Å². The Morgan fingerprint density at radius 3 is 2.63 bits per heavy atom. The van der Waals surface area contributed by atoms with Crippen LogP contribution in [0.3, 0.4) is 0 Å². The van der Waals surface area contributed by atoms with Gasteiger partial charge in [-0.3, -0.25) is 9.59 Å². The first kappa shape index (κ1) is 22.3. The molecule has 0 radical (unpaired) electrons. The molecule has 0 fully saturated rings. The number of thiophene rings is 1. The number of rotatable bonds is 8. The zero-order chi connectivity index (χ0) is 21.7. The van der Waals surface area contributed by atoms with Gasteiger partial charge in [0, 0.05) is 18.8 Å². The Balaban J connectivity index is 1.66. The van der Waals surface area contributed by atoms with Gasteiger partial charge >= 0.3 is 0 Å². The minimum absolute atomic E-state index is 0.0847. The van der Waals surface area contributed by atoms with E-state index < -0.39 is 0 Å². The van der Waals surface area contributed by atoms with E-state index in [0.717, 1.165) is 9.88 Å². The molecular weight excluding hydrogens is 442 g/mol. The van der Waals surface area contributed by atoms with Crippen LogP contribution < -0.4 is 10.1 Å². The molecule has 0 saturated carbocycles. The van der Waals surface area contributed by atoms with E-state index in [4.69, 9.17) is 16.3 Å². The standard InChI is InChI=1S/C21H22ClN3O3S2/c1-4-25(5-2)18(26)12-28-16-9-8-14(11-15(16)22)24-20(27)19-13(3)23-21(30-19)17-7-6-10-29-17/h6-11H,4-5,12H2,1-3H3,(H,24,27). The Bertz CT molecular complexity index is 1030. The number of anilines is 1. The molecule has 0 aliphatic heterocycles. The molecule has 0 aliphatic rings. The zero-order valence-corrected chi connectivity index (χ0v) is 19.3. The number of aromatic nitrogens is 1. The average molecular weight is 464 g/mol. The first-order valence-electron chi connectivity index (χ1n) is 9.45. The van der Waals surface area contributed by atoms with Crippen molar-refractivity contribution < 1.29 is 14.3 Å². The summed E-state index contributed by atoms with van der Waals surface area (Å²) < 4.78 is 5.55. The van der Waals surface area contributed by atoms with Crippen molar-refractivity contribution in [3.05, 3.63) is 51.3 Å². The van der Waals surface area contributed by atoms with Crippen LogP contribution in [-0.4, -0.2) is 41.4 Å². The highest BCUT2D eigenvalue weighted by molar-refractivity contribution is 7.22. The van der Waals surface area contributed by atoms with Crippen molar-refractivity contribution in [2.24, 2.45) is 0 Å². The average Bonchev–Trinajstić information content (AvgIpc) is 3.38. The van der Waals surface area contributed by atoms with Crippen LogP contribution in [-0.2, 0) is 4.79 Å². The summed E-state index contributed by atoms with van der Waals surface area (Å²) >= 11 is 9.23. The molecule has 2 heterocycles. The normalized spacial score (nSPS) is 10.7. The van der Waals surface area contributed by atoms with Gasteiger partial charge in [0.05, 0.1) is 15.6 Å². The number of likely N-dealkylation sites (N-methyl/N-ethyl adjacent to an activating group) is 1. The molecule has 0 unspecified atom stereocenters. The van der Waals surface area contributed by atoms with Crippen LogP contribution in [0, 0.1) is 6.92 Å². The minimum atomic E-state index is -0.241. The summed E-state index contributed by atoms with van der Waals surface area (Å²) in [6, 6.07) is 8.88. The van der Waals surface area contributed by atoms with Gasteiger partial charge in [-0.1, -0.05) is 17.7 Å². The Morgan fingerprint density at radius 2 is 2.00 bits per heavy atom. The number of carbonyl (C=O) groups excluding carboxylic acids is 2. The van der Waals surface area contributed by atoms with Gasteiger partial charge < -0.3 is 15.0 Å². The highest BCUT2D eigenvalue weighted by Crippen LogP contribution is 2.32. The predicted octanol–water partition coefficient (Wildman–Crippen LogP) is 5.33. The fourth-order valence-corrected chi connectivity index (χ4v) is 4.80. The van der Waals surface area contributed by atoms with Crippen molar-refractivity contribution >= 4 is 51.8 Å². The van der Waals surface area contributed by atoms with Crippen LogP contribution in [0.5, 0.6) is 5.75 Å². The summed E-state index contributed by atoms with van der Waals surface area (Å²) in [4.78, 5) is 32.6. The van der Waals surface area contributed by atoms with Crippen LogP contribution in [0.25, 0.3) is 9.88 Å². The highest BCUT2D eigenvalue weighted by Gasteiger charge is 2.18. The van der Waals surface area contributed by atoms with Crippen molar-refractivity contribution in [1.29, 1.82) is 0 Å². The molecule has 3 rings (SSSR count). The molecule has 0 spiro atoms. The first-order valence-corrected chi connectivity index (χ1v) is 11.5. The number of nitrogens with one attached hydrogen (secondary N) is 1. The number of benzene rings is 1. The highest BCUT2D eigenvalue weighted by atomic mass is 35.5. The topological polar surface area (TPSA) is 71.5 Å². The molecule has 1 N–H and O–H groups in total. The number of hydrogen-bond acceptors (Lipinski definition) is 6. The number of hydrogen-bond donors (Lipinski definition) is 1. The van der Waals surface area contributed by atoms with E-state index in [1.165, 1.54) is 11.3 Å². The molecule has 0 bridgehead atoms. The maximum atomic E-state index is 12.7. The molecule has 6 nitrogen and oxygen atoms in total. The Kier molecular flexibility index (Phi) is 7.47.